The molecule has 0 atom stereocenters. The molecule has 3 rings (SSSR count). The number of carbonyl (C=O) groups is 1. The predicted octanol–water partition coefficient (Wildman–Crippen LogP) is 3.06. The molecule has 0 aromatic carbocycles. The van der Waals surface area contributed by atoms with E-state index in [-0.39, 0.29) is 5.97 Å². The molecule has 0 aromatic rings. The van der Waals surface area contributed by atoms with Crippen LogP contribution in [0.15, 0.2) is 30.3 Å². The van der Waals surface area contributed by atoms with Crippen molar-refractivity contribution in [3.8, 4) is 11.1 Å². The van der Waals surface area contributed by atoms with Gasteiger partial charge in [0, 0.05) is 0 Å². The molecule has 0 heterocycles. The minimum Gasteiger partial charge on any atom is -0.465 e. The van der Waals surface area contributed by atoms with Gasteiger partial charge in [0.25, 0.3) is 0 Å². The van der Waals surface area contributed by atoms with Crippen LogP contribution in [0.25, 0.3) is 23.3 Å². The van der Waals surface area contributed by atoms with Gasteiger partial charge in [0.05, 0.1) is 12.7 Å². The molecule has 0 saturated heterocycles. The molecule has 0 radical (unpaired) electrons. The lowest BCUT2D eigenvalue weighted by Crippen LogP contribution is -1.99. The van der Waals surface area contributed by atoms with Crippen LogP contribution >= 0.6 is 0 Å². The molecule has 0 unspecified atom stereocenters. The van der Waals surface area contributed by atoms with Crippen molar-refractivity contribution in [1.82, 2.24) is 0 Å². The molecule has 2 heteroatoms. The zero-order valence-electron chi connectivity index (χ0n) is 8.86. The molecule has 0 fully saturated rings. The van der Waals surface area contributed by atoms with E-state index in [1.165, 1.54) is 18.2 Å². The molecule has 2 nitrogen and oxygen atoms in total. The van der Waals surface area contributed by atoms with E-state index >= 15 is 0 Å². The van der Waals surface area contributed by atoms with E-state index in [0.29, 0.717) is 5.56 Å². The van der Waals surface area contributed by atoms with Crippen LogP contribution in [0.1, 0.15) is 21.5 Å². The Morgan fingerprint density at radius 1 is 1.06 bits per heavy atom. The van der Waals surface area contributed by atoms with Crippen LogP contribution in [-0.4, -0.2) is 13.1 Å². The van der Waals surface area contributed by atoms with Crippen molar-refractivity contribution in [2.24, 2.45) is 0 Å². The Morgan fingerprint density at radius 2 is 1.88 bits per heavy atom. The molecule has 0 spiro atoms. The Bertz CT molecular complexity index is 582. The van der Waals surface area contributed by atoms with Gasteiger partial charge in [0.15, 0.2) is 0 Å². The van der Waals surface area contributed by atoms with Gasteiger partial charge in [-0.1, -0.05) is 30.4 Å². The van der Waals surface area contributed by atoms with Gasteiger partial charge < -0.3 is 4.74 Å². The largest absolute Gasteiger partial charge is 0.465 e. The summed E-state index contributed by atoms with van der Waals surface area (Å²) in [7, 11) is 1.40. The highest BCUT2D eigenvalue weighted by molar-refractivity contribution is 6.00. The van der Waals surface area contributed by atoms with E-state index < -0.39 is 0 Å². The minimum atomic E-state index is -0.281. The fourth-order valence-electron chi connectivity index (χ4n) is 2.01. The SMILES string of the molecule is COC(=O)c1ccc2cc3c(ccc1-2)C=C3. The highest BCUT2D eigenvalue weighted by Crippen LogP contribution is 2.33. The van der Waals surface area contributed by atoms with Crippen molar-refractivity contribution in [3.63, 3.8) is 0 Å². The molecular weight excluding hydrogens is 200 g/mol. The first-order valence-corrected chi connectivity index (χ1v) is 5.13. The van der Waals surface area contributed by atoms with Gasteiger partial charge in [0.2, 0.25) is 0 Å². The molecule has 3 aliphatic carbocycles. The predicted molar refractivity (Wildman–Crippen MR) is 63.3 cm³/mol. The number of hydrogen-bond donors (Lipinski definition) is 0. The van der Waals surface area contributed by atoms with E-state index in [4.69, 9.17) is 4.74 Å². The van der Waals surface area contributed by atoms with Crippen LogP contribution in [0.5, 0.6) is 0 Å². The summed E-state index contributed by atoms with van der Waals surface area (Å²) in [6.07, 6.45) is 4.13. The Morgan fingerprint density at radius 3 is 2.56 bits per heavy atom. The van der Waals surface area contributed by atoms with Gasteiger partial charge in [-0.15, -0.1) is 0 Å². The number of methoxy groups -OCH3 is 1. The summed E-state index contributed by atoms with van der Waals surface area (Å²) in [5.41, 5.74) is 5.09. The number of rotatable bonds is 1. The fraction of sp³-hybridized carbons (Fsp3) is 0.0714. The average Bonchev–Trinajstić information content (AvgIpc) is 2.62. The standard InChI is InChI=1S/C14H10O2/c1-16-14(15)13-7-5-11-8-10-3-2-9(10)4-6-12(11)13/h2-8H,1H3. The maximum absolute atomic E-state index is 11.5. The first kappa shape index (κ1) is 9.16. The van der Waals surface area contributed by atoms with Crippen LogP contribution in [0, 0.1) is 0 Å². The second-order valence-electron chi connectivity index (χ2n) is 3.83. The van der Waals surface area contributed by atoms with Gasteiger partial charge in [-0.05, 0) is 34.4 Å². The van der Waals surface area contributed by atoms with Crippen LogP contribution in [0.2, 0.25) is 0 Å². The number of esters is 1. The Labute approximate surface area is 93.5 Å². The van der Waals surface area contributed by atoms with Crippen LogP contribution in [-0.2, 0) is 4.74 Å². The summed E-state index contributed by atoms with van der Waals surface area (Å²) in [6.45, 7) is 0. The Hall–Kier alpha value is -2.09. The quantitative estimate of drug-likeness (QED) is 0.577. The van der Waals surface area contributed by atoms with Crippen LogP contribution in [0.3, 0.4) is 0 Å². The Kier molecular flexibility index (Phi) is 1.83. The molecule has 16 heavy (non-hydrogen) atoms. The molecule has 0 amide bonds. The summed E-state index contributed by atoms with van der Waals surface area (Å²) < 4.78 is 4.75. The van der Waals surface area contributed by atoms with Crippen LogP contribution < -0.4 is 0 Å². The Balaban J connectivity index is 2.20. The third-order valence-electron chi connectivity index (χ3n) is 2.95. The van der Waals surface area contributed by atoms with Crippen LogP contribution in [0.4, 0.5) is 0 Å². The molecule has 0 N–H and O–H groups in total. The van der Waals surface area contributed by atoms with Crippen molar-refractivity contribution in [1.29, 1.82) is 0 Å². The smallest absolute Gasteiger partial charge is 0.338 e. The highest BCUT2D eigenvalue weighted by Gasteiger charge is 2.16. The number of hydrogen-bond acceptors (Lipinski definition) is 2. The van der Waals surface area contributed by atoms with E-state index in [1.807, 2.05) is 24.3 Å². The van der Waals surface area contributed by atoms with Gasteiger partial charge >= 0.3 is 5.97 Å². The van der Waals surface area contributed by atoms with Crippen molar-refractivity contribution < 1.29 is 9.53 Å². The van der Waals surface area contributed by atoms with E-state index in [0.717, 1.165) is 11.1 Å². The second kappa shape index (κ2) is 3.20. The van der Waals surface area contributed by atoms with Gasteiger partial charge in [-0.25, -0.2) is 4.79 Å². The van der Waals surface area contributed by atoms with E-state index in [1.54, 1.807) is 0 Å². The maximum Gasteiger partial charge on any atom is 0.338 e. The molecule has 0 bridgehead atoms. The summed E-state index contributed by atoms with van der Waals surface area (Å²) >= 11 is 0. The molecule has 3 aliphatic rings. The number of carbonyl (C=O) groups excluding carboxylic acids is 1. The second-order valence-corrected chi connectivity index (χ2v) is 3.83. The molecule has 0 saturated carbocycles. The lowest BCUT2D eigenvalue weighted by Gasteiger charge is -2.04. The van der Waals surface area contributed by atoms with Gasteiger partial charge in [-0.3, -0.25) is 0 Å². The average molecular weight is 210 g/mol. The molecule has 78 valence electrons. The van der Waals surface area contributed by atoms with Gasteiger partial charge in [0.1, 0.15) is 0 Å². The summed E-state index contributed by atoms with van der Waals surface area (Å²) in [5.74, 6) is -0.281. The third-order valence-corrected chi connectivity index (χ3v) is 2.95. The lowest BCUT2D eigenvalue weighted by molar-refractivity contribution is 0.0602. The van der Waals surface area contributed by atoms with Gasteiger partial charge in [-0.2, -0.15) is 0 Å². The fourth-order valence-corrected chi connectivity index (χ4v) is 2.01. The van der Waals surface area contributed by atoms with Crippen molar-refractivity contribution in [2.45, 2.75) is 0 Å². The van der Waals surface area contributed by atoms with E-state index in [9.17, 15) is 4.79 Å². The molecule has 0 aliphatic heterocycles. The maximum atomic E-state index is 11.5. The summed E-state index contributed by atoms with van der Waals surface area (Å²) in [6, 6.07) is 9.87. The van der Waals surface area contributed by atoms with Crippen molar-refractivity contribution >= 4 is 18.1 Å². The highest BCUT2D eigenvalue weighted by atomic mass is 16.5. The van der Waals surface area contributed by atoms with Crippen molar-refractivity contribution in [3.05, 3.63) is 47.0 Å². The number of fused-ring (bicyclic) bond motifs is 2. The summed E-state index contributed by atoms with van der Waals surface area (Å²) in [4.78, 5) is 11.5. The monoisotopic (exact) mass is 210 g/mol. The molecule has 0 aromatic heterocycles. The van der Waals surface area contributed by atoms with E-state index in [2.05, 4.69) is 18.2 Å². The topological polar surface area (TPSA) is 26.3 Å². The van der Waals surface area contributed by atoms with Crippen molar-refractivity contribution in [2.75, 3.05) is 7.11 Å². The number of ether oxygens (including phenoxy) is 1. The molecular formula is C14H10O2. The zero-order chi connectivity index (χ0) is 11.1. The normalized spacial score (nSPS) is 12.1. The minimum absolute atomic E-state index is 0.281. The third kappa shape index (κ3) is 1.16. The summed E-state index contributed by atoms with van der Waals surface area (Å²) in [5, 5.41) is 0. The zero-order valence-corrected chi connectivity index (χ0v) is 8.86. The first-order valence-electron chi connectivity index (χ1n) is 5.13. The lowest BCUT2D eigenvalue weighted by atomic mass is 10.0. The first-order chi connectivity index (χ1) is 7.79.